The summed E-state index contributed by atoms with van der Waals surface area (Å²) >= 11 is 6.29. The molecule has 0 spiro atoms. The Morgan fingerprint density at radius 3 is 2.43 bits per heavy atom. The predicted molar refractivity (Wildman–Crippen MR) is 123 cm³/mol. The number of hydrogen-bond donors (Lipinski definition) is 0. The van der Waals surface area contributed by atoms with Crippen molar-refractivity contribution in [3.05, 3.63) is 101 Å². The molecule has 30 heavy (non-hydrogen) atoms. The number of halogens is 1. The zero-order valence-electron chi connectivity index (χ0n) is 17.0. The molecule has 3 aromatic rings. The van der Waals surface area contributed by atoms with Gasteiger partial charge in [0.2, 0.25) is 0 Å². The minimum absolute atomic E-state index is 0.564. The first-order valence-corrected chi connectivity index (χ1v) is 10.7. The smallest absolute Gasteiger partial charge is 0.120 e. The summed E-state index contributed by atoms with van der Waals surface area (Å²) in [5.41, 5.74) is 3.38. The minimum atomic E-state index is 0.564. The molecule has 0 unspecified atom stereocenters. The maximum Gasteiger partial charge on any atom is 0.120 e. The zero-order valence-corrected chi connectivity index (χ0v) is 17.7. The molecule has 0 atom stereocenters. The van der Waals surface area contributed by atoms with E-state index in [1.165, 1.54) is 5.56 Å². The zero-order chi connectivity index (χ0) is 20.6. The van der Waals surface area contributed by atoms with Gasteiger partial charge in [0, 0.05) is 37.7 Å². The van der Waals surface area contributed by atoms with E-state index in [0.29, 0.717) is 6.61 Å². The van der Waals surface area contributed by atoms with Crippen molar-refractivity contribution in [1.29, 1.82) is 0 Å². The molecule has 5 heteroatoms. The van der Waals surface area contributed by atoms with Crippen LogP contribution in [-0.2, 0) is 13.2 Å². The van der Waals surface area contributed by atoms with Gasteiger partial charge in [0.25, 0.3) is 0 Å². The fourth-order valence-electron chi connectivity index (χ4n) is 3.45. The van der Waals surface area contributed by atoms with Crippen LogP contribution >= 0.6 is 11.6 Å². The molecule has 0 saturated carbocycles. The summed E-state index contributed by atoms with van der Waals surface area (Å²) < 4.78 is 5.91. The van der Waals surface area contributed by atoms with E-state index in [9.17, 15) is 0 Å². The molecular weight excluding hydrogens is 394 g/mol. The first-order chi connectivity index (χ1) is 14.8. The highest BCUT2D eigenvalue weighted by molar-refractivity contribution is 6.31. The second-order valence-corrected chi connectivity index (χ2v) is 7.82. The minimum Gasteiger partial charge on any atom is -0.489 e. The Balaban J connectivity index is 1.27. The molecule has 4 nitrogen and oxygen atoms in total. The van der Waals surface area contributed by atoms with Gasteiger partial charge in [-0.15, -0.1) is 0 Å². The number of piperazine rings is 1. The van der Waals surface area contributed by atoms with Crippen LogP contribution < -0.4 is 4.74 Å². The molecule has 1 saturated heterocycles. The Hall–Kier alpha value is -2.82. The van der Waals surface area contributed by atoms with Gasteiger partial charge in [-0.2, -0.15) is 5.10 Å². The van der Waals surface area contributed by atoms with E-state index in [1.54, 1.807) is 0 Å². The van der Waals surface area contributed by atoms with Gasteiger partial charge in [-0.05, 0) is 34.9 Å². The largest absolute Gasteiger partial charge is 0.489 e. The Bertz CT molecular complexity index is 969. The molecule has 0 radical (unpaired) electrons. The summed E-state index contributed by atoms with van der Waals surface area (Å²) in [6, 6.07) is 26.3. The van der Waals surface area contributed by atoms with Gasteiger partial charge >= 0.3 is 0 Å². The van der Waals surface area contributed by atoms with Crippen LogP contribution in [0.5, 0.6) is 5.75 Å². The van der Waals surface area contributed by atoms with Crippen molar-refractivity contribution in [2.75, 3.05) is 26.2 Å². The number of benzene rings is 3. The van der Waals surface area contributed by atoms with Crippen molar-refractivity contribution in [2.45, 2.75) is 13.2 Å². The number of nitrogens with zero attached hydrogens (tertiary/aromatic N) is 3. The summed E-state index contributed by atoms with van der Waals surface area (Å²) in [6.07, 6.45) is 1.92. The predicted octanol–water partition coefficient (Wildman–Crippen LogP) is 5.07. The summed E-state index contributed by atoms with van der Waals surface area (Å²) in [7, 11) is 0. The third-order valence-electron chi connectivity index (χ3n) is 5.18. The third kappa shape index (κ3) is 5.85. The molecule has 4 rings (SSSR count). The summed E-state index contributed by atoms with van der Waals surface area (Å²) in [4.78, 5) is 2.42. The van der Waals surface area contributed by atoms with E-state index < -0.39 is 0 Å². The van der Waals surface area contributed by atoms with Gasteiger partial charge in [0.05, 0.1) is 6.21 Å². The lowest BCUT2D eigenvalue weighted by Gasteiger charge is -2.33. The lowest BCUT2D eigenvalue weighted by atomic mass is 10.2. The molecule has 0 amide bonds. The van der Waals surface area contributed by atoms with Gasteiger partial charge in [-0.3, -0.25) is 9.91 Å². The molecule has 0 bridgehead atoms. The first kappa shape index (κ1) is 20.5. The van der Waals surface area contributed by atoms with Crippen LogP contribution in [0.1, 0.15) is 16.7 Å². The topological polar surface area (TPSA) is 28.1 Å². The number of ether oxygens (including phenoxy) is 1. The van der Waals surface area contributed by atoms with Crippen LogP contribution in [0, 0.1) is 0 Å². The molecule has 0 aliphatic carbocycles. The SMILES string of the molecule is Clc1ccccc1CN1CCN(/N=C/c2cccc(OCc3ccccc3)c2)CC1. The van der Waals surface area contributed by atoms with Gasteiger partial charge in [-0.1, -0.05) is 72.3 Å². The van der Waals surface area contributed by atoms with Crippen LogP contribution in [0.15, 0.2) is 84.0 Å². The van der Waals surface area contributed by atoms with E-state index >= 15 is 0 Å². The molecule has 0 aromatic heterocycles. The lowest BCUT2D eigenvalue weighted by Crippen LogP contribution is -2.43. The number of rotatable bonds is 7. The van der Waals surface area contributed by atoms with E-state index in [-0.39, 0.29) is 0 Å². The second kappa shape index (κ2) is 10.3. The van der Waals surface area contributed by atoms with Crippen LogP contribution in [0.3, 0.4) is 0 Å². The standard InChI is InChI=1S/C25H26ClN3O/c26-25-12-5-4-10-23(25)19-28-13-15-29(16-14-28)27-18-22-9-6-11-24(17-22)30-20-21-7-2-1-3-8-21/h1-12,17-18H,13-16,19-20H2/b27-18+. The average Bonchev–Trinajstić information content (AvgIpc) is 2.80. The molecule has 1 aliphatic heterocycles. The molecule has 1 heterocycles. The quantitative estimate of drug-likeness (QED) is 0.500. The van der Waals surface area contributed by atoms with Crippen molar-refractivity contribution >= 4 is 17.8 Å². The van der Waals surface area contributed by atoms with Gasteiger partial charge in [0.1, 0.15) is 12.4 Å². The second-order valence-electron chi connectivity index (χ2n) is 7.41. The molecule has 1 fully saturated rings. The maximum atomic E-state index is 6.29. The molecule has 1 aliphatic rings. The number of hydrogen-bond acceptors (Lipinski definition) is 4. The van der Waals surface area contributed by atoms with Crippen molar-refractivity contribution in [3.8, 4) is 5.75 Å². The Kier molecular flexibility index (Phi) is 7.01. The summed E-state index contributed by atoms with van der Waals surface area (Å²) in [6.45, 7) is 5.22. The fraction of sp³-hybridized carbons (Fsp3) is 0.240. The van der Waals surface area contributed by atoms with Crippen molar-refractivity contribution < 1.29 is 4.74 Å². The Morgan fingerprint density at radius 1 is 0.867 bits per heavy atom. The Morgan fingerprint density at radius 2 is 1.63 bits per heavy atom. The van der Waals surface area contributed by atoms with Gasteiger partial charge < -0.3 is 4.74 Å². The van der Waals surface area contributed by atoms with E-state index in [2.05, 4.69) is 33.2 Å². The summed E-state index contributed by atoms with van der Waals surface area (Å²) in [5, 5.41) is 7.64. The first-order valence-electron chi connectivity index (χ1n) is 10.3. The molecular formula is C25H26ClN3O. The van der Waals surface area contributed by atoms with Crippen LogP contribution in [0.25, 0.3) is 0 Å². The van der Waals surface area contributed by atoms with Gasteiger partial charge in [-0.25, -0.2) is 0 Å². The number of hydrazone groups is 1. The van der Waals surface area contributed by atoms with E-state index in [4.69, 9.17) is 16.3 Å². The normalized spacial score (nSPS) is 14.9. The van der Waals surface area contributed by atoms with Crippen LogP contribution in [0.4, 0.5) is 0 Å². The van der Waals surface area contributed by atoms with Crippen LogP contribution in [-0.4, -0.2) is 42.3 Å². The lowest BCUT2D eigenvalue weighted by molar-refractivity contribution is 0.131. The Labute approximate surface area is 183 Å². The molecule has 0 N–H and O–H groups in total. The third-order valence-corrected chi connectivity index (χ3v) is 5.55. The van der Waals surface area contributed by atoms with Crippen LogP contribution in [0.2, 0.25) is 5.02 Å². The molecule has 3 aromatic carbocycles. The van der Waals surface area contributed by atoms with Crippen molar-refractivity contribution in [2.24, 2.45) is 5.10 Å². The maximum absolute atomic E-state index is 6.29. The molecule has 154 valence electrons. The van der Waals surface area contributed by atoms with E-state index in [0.717, 1.165) is 54.6 Å². The van der Waals surface area contributed by atoms with Gasteiger partial charge in [0.15, 0.2) is 0 Å². The monoisotopic (exact) mass is 419 g/mol. The van der Waals surface area contributed by atoms with Crippen molar-refractivity contribution in [1.82, 2.24) is 9.91 Å². The fourth-order valence-corrected chi connectivity index (χ4v) is 3.65. The van der Waals surface area contributed by atoms with E-state index in [1.807, 2.05) is 66.9 Å². The summed E-state index contributed by atoms with van der Waals surface area (Å²) in [5.74, 6) is 0.854. The highest BCUT2D eigenvalue weighted by Gasteiger charge is 2.16. The van der Waals surface area contributed by atoms with Crippen molar-refractivity contribution in [3.63, 3.8) is 0 Å². The highest BCUT2D eigenvalue weighted by atomic mass is 35.5. The highest BCUT2D eigenvalue weighted by Crippen LogP contribution is 2.18. The average molecular weight is 420 g/mol.